The molecule has 1 saturated heterocycles. The largest absolute Gasteiger partial charge is 0.490 e. The number of benzene rings is 3. The van der Waals surface area contributed by atoms with Gasteiger partial charge in [-0.05, 0) is 86.1 Å². The number of ether oxygens (including phenoxy) is 3. The summed E-state index contributed by atoms with van der Waals surface area (Å²) in [4.78, 5) is 31.6. The number of aryl methyl sites for hydroxylation is 1. The zero-order chi connectivity index (χ0) is 27.9. The molecular formula is C30H29BrN2O5S. The SMILES string of the molecule is CCOC(=O)c1ccc(N=C2S/C(=C\c3cc(OCC)c(OCc4ccc(C)cc4)cc3Br)C(=O)N2C)cc1. The fourth-order valence-electron chi connectivity index (χ4n) is 3.68. The zero-order valence-corrected chi connectivity index (χ0v) is 24.6. The Balaban J connectivity index is 1.54. The molecule has 1 fully saturated rings. The van der Waals surface area contributed by atoms with Crippen LogP contribution in [0.15, 0.2) is 75.0 Å². The summed E-state index contributed by atoms with van der Waals surface area (Å²) in [5.74, 6) is 0.668. The third kappa shape index (κ3) is 7.10. The molecular weight excluding hydrogens is 580 g/mol. The van der Waals surface area contributed by atoms with Crippen LogP contribution in [0.2, 0.25) is 0 Å². The molecule has 0 spiro atoms. The summed E-state index contributed by atoms with van der Waals surface area (Å²) >= 11 is 4.91. The van der Waals surface area contributed by atoms with Crippen LogP contribution in [0.25, 0.3) is 6.08 Å². The molecule has 0 aromatic heterocycles. The van der Waals surface area contributed by atoms with Crippen LogP contribution in [0.1, 0.15) is 40.9 Å². The number of thioether (sulfide) groups is 1. The highest BCUT2D eigenvalue weighted by atomic mass is 79.9. The van der Waals surface area contributed by atoms with Crippen LogP contribution < -0.4 is 9.47 Å². The number of hydrogen-bond acceptors (Lipinski definition) is 7. The molecule has 0 aliphatic carbocycles. The Bertz CT molecular complexity index is 1420. The number of aliphatic imine (C=N–C) groups is 1. The van der Waals surface area contributed by atoms with Gasteiger partial charge in [-0.1, -0.05) is 45.8 Å². The Morgan fingerprint density at radius 2 is 1.69 bits per heavy atom. The summed E-state index contributed by atoms with van der Waals surface area (Å²) in [5, 5.41) is 0.536. The van der Waals surface area contributed by atoms with E-state index in [2.05, 4.69) is 33.1 Å². The summed E-state index contributed by atoms with van der Waals surface area (Å²) in [7, 11) is 1.69. The van der Waals surface area contributed by atoms with Gasteiger partial charge in [0.2, 0.25) is 0 Å². The lowest BCUT2D eigenvalue weighted by Crippen LogP contribution is -2.23. The van der Waals surface area contributed by atoms with Crippen LogP contribution >= 0.6 is 27.7 Å². The molecule has 0 radical (unpaired) electrons. The summed E-state index contributed by atoms with van der Waals surface area (Å²) in [6, 6.07) is 18.7. The second-order valence-corrected chi connectivity index (χ2v) is 10.5. The van der Waals surface area contributed by atoms with Gasteiger partial charge in [0, 0.05) is 11.5 Å². The Hall–Kier alpha value is -3.56. The molecule has 0 bridgehead atoms. The van der Waals surface area contributed by atoms with E-state index in [0.717, 1.165) is 15.6 Å². The molecule has 1 heterocycles. The lowest BCUT2D eigenvalue weighted by Gasteiger charge is -2.14. The number of likely N-dealkylation sites (N-methyl/N-ethyl adjacent to an activating group) is 1. The fourth-order valence-corrected chi connectivity index (χ4v) is 5.09. The minimum absolute atomic E-state index is 0.161. The number of hydrogen-bond donors (Lipinski definition) is 0. The zero-order valence-electron chi connectivity index (χ0n) is 22.2. The van der Waals surface area contributed by atoms with Crippen LogP contribution in [-0.4, -0.2) is 42.2 Å². The lowest BCUT2D eigenvalue weighted by atomic mass is 10.1. The van der Waals surface area contributed by atoms with Gasteiger partial charge in [0.05, 0.1) is 29.4 Å². The van der Waals surface area contributed by atoms with Gasteiger partial charge < -0.3 is 14.2 Å². The monoisotopic (exact) mass is 608 g/mol. The predicted octanol–water partition coefficient (Wildman–Crippen LogP) is 7.15. The fraction of sp³-hybridized carbons (Fsp3) is 0.233. The van der Waals surface area contributed by atoms with E-state index in [4.69, 9.17) is 14.2 Å². The van der Waals surface area contributed by atoms with E-state index in [-0.39, 0.29) is 11.9 Å². The molecule has 0 unspecified atom stereocenters. The summed E-state index contributed by atoms with van der Waals surface area (Å²) in [6.45, 7) is 6.92. The van der Waals surface area contributed by atoms with Gasteiger partial charge in [-0.3, -0.25) is 9.69 Å². The van der Waals surface area contributed by atoms with Crippen molar-refractivity contribution in [3.05, 3.63) is 92.3 Å². The van der Waals surface area contributed by atoms with Crippen molar-refractivity contribution in [3.63, 3.8) is 0 Å². The van der Waals surface area contributed by atoms with Gasteiger partial charge in [-0.15, -0.1) is 0 Å². The van der Waals surface area contributed by atoms with Gasteiger partial charge in [0.15, 0.2) is 16.7 Å². The highest BCUT2D eigenvalue weighted by Crippen LogP contribution is 2.38. The van der Waals surface area contributed by atoms with E-state index in [1.165, 1.54) is 22.2 Å². The van der Waals surface area contributed by atoms with E-state index in [1.807, 2.05) is 44.2 Å². The average molecular weight is 610 g/mol. The molecule has 0 N–H and O–H groups in total. The molecule has 9 heteroatoms. The summed E-state index contributed by atoms with van der Waals surface area (Å²) in [6.07, 6.45) is 1.81. The van der Waals surface area contributed by atoms with Crippen molar-refractivity contribution in [1.29, 1.82) is 0 Å². The molecule has 202 valence electrons. The smallest absolute Gasteiger partial charge is 0.338 e. The molecule has 1 amide bonds. The third-order valence-electron chi connectivity index (χ3n) is 5.77. The van der Waals surface area contributed by atoms with Gasteiger partial charge >= 0.3 is 5.97 Å². The molecule has 1 aliphatic heterocycles. The van der Waals surface area contributed by atoms with E-state index < -0.39 is 0 Å². The highest BCUT2D eigenvalue weighted by Gasteiger charge is 2.30. The number of halogens is 1. The van der Waals surface area contributed by atoms with E-state index in [1.54, 1.807) is 38.2 Å². The first-order valence-electron chi connectivity index (χ1n) is 12.5. The van der Waals surface area contributed by atoms with Gasteiger partial charge in [-0.25, -0.2) is 9.79 Å². The lowest BCUT2D eigenvalue weighted by molar-refractivity contribution is -0.121. The molecule has 0 atom stereocenters. The average Bonchev–Trinajstić information content (AvgIpc) is 3.18. The molecule has 0 saturated carbocycles. The number of amidine groups is 1. The Morgan fingerprint density at radius 3 is 2.36 bits per heavy atom. The second kappa shape index (κ2) is 13.0. The van der Waals surface area contributed by atoms with E-state index >= 15 is 0 Å². The van der Waals surface area contributed by atoms with Crippen LogP contribution in [0.4, 0.5) is 5.69 Å². The van der Waals surface area contributed by atoms with Crippen LogP contribution in [-0.2, 0) is 16.1 Å². The highest BCUT2D eigenvalue weighted by molar-refractivity contribution is 9.10. The van der Waals surface area contributed by atoms with Gasteiger partial charge in [0.1, 0.15) is 6.61 Å². The van der Waals surface area contributed by atoms with Crippen molar-refractivity contribution >= 4 is 56.5 Å². The number of esters is 1. The quantitative estimate of drug-likeness (QED) is 0.190. The normalized spacial score (nSPS) is 15.2. The van der Waals surface area contributed by atoms with E-state index in [0.29, 0.717) is 52.6 Å². The molecule has 7 nitrogen and oxygen atoms in total. The maximum atomic E-state index is 13.0. The van der Waals surface area contributed by atoms with Crippen molar-refractivity contribution in [3.8, 4) is 11.5 Å². The van der Waals surface area contributed by atoms with Crippen molar-refractivity contribution in [2.45, 2.75) is 27.4 Å². The maximum absolute atomic E-state index is 13.0. The molecule has 3 aromatic carbocycles. The Labute approximate surface area is 241 Å². The van der Waals surface area contributed by atoms with Crippen LogP contribution in [0.5, 0.6) is 11.5 Å². The molecule has 1 aliphatic rings. The van der Waals surface area contributed by atoms with E-state index in [9.17, 15) is 9.59 Å². The standard InChI is InChI=1S/C30H29BrN2O5S/c1-5-36-25-15-22(24(31)17-26(25)38-18-20-9-7-19(3)8-10-20)16-27-28(34)33(4)30(39-27)32-23-13-11-21(12-14-23)29(35)37-6-2/h7-17H,5-6,18H2,1-4H3/b27-16-,32-30?. The van der Waals surface area contributed by atoms with Crippen molar-refractivity contribution in [2.75, 3.05) is 20.3 Å². The first kappa shape index (κ1) is 28.4. The van der Waals surface area contributed by atoms with Crippen molar-refractivity contribution in [1.82, 2.24) is 4.90 Å². The number of carbonyl (C=O) groups excluding carboxylic acids is 2. The third-order valence-corrected chi connectivity index (χ3v) is 7.52. The van der Waals surface area contributed by atoms with Crippen LogP contribution in [0, 0.1) is 6.92 Å². The second-order valence-electron chi connectivity index (χ2n) is 8.66. The first-order chi connectivity index (χ1) is 18.8. The number of amides is 1. The topological polar surface area (TPSA) is 77.4 Å². The maximum Gasteiger partial charge on any atom is 0.338 e. The van der Waals surface area contributed by atoms with Gasteiger partial charge in [0.25, 0.3) is 5.91 Å². The summed E-state index contributed by atoms with van der Waals surface area (Å²) in [5.41, 5.74) is 4.11. The Kier molecular flexibility index (Phi) is 9.48. The number of carbonyl (C=O) groups is 2. The summed E-state index contributed by atoms with van der Waals surface area (Å²) < 4.78 is 17.7. The van der Waals surface area contributed by atoms with Crippen molar-refractivity contribution in [2.24, 2.45) is 4.99 Å². The van der Waals surface area contributed by atoms with Crippen molar-refractivity contribution < 1.29 is 23.8 Å². The minimum atomic E-state index is -0.381. The van der Waals surface area contributed by atoms with Crippen LogP contribution in [0.3, 0.4) is 0 Å². The van der Waals surface area contributed by atoms with Gasteiger partial charge in [-0.2, -0.15) is 0 Å². The predicted molar refractivity (Wildman–Crippen MR) is 159 cm³/mol. The molecule has 39 heavy (non-hydrogen) atoms. The molecule has 4 rings (SSSR count). The molecule has 3 aromatic rings. The number of nitrogens with zero attached hydrogens (tertiary/aromatic N) is 2. The minimum Gasteiger partial charge on any atom is -0.490 e. The first-order valence-corrected chi connectivity index (χ1v) is 14.1. The Morgan fingerprint density at radius 1 is 1.00 bits per heavy atom. The number of rotatable bonds is 9.